The van der Waals surface area contributed by atoms with Crippen molar-refractivity contribution < 1.29 is 9.32 Å². The van der Waals surface area contributed by atoms with E-state index in [1.165, 1.54) is 5.56 Å². The number of fused-ring (bicyclic) bond motifs is 1. The van der Waals surface area contributed by atoms with E-state index in [4.69, 9.17) is 4.52 Å². The molecule has 1 saturated heterocycles. The highest BCUT2D eigenvalue weighted by Gasteiger charge is 2.40. The molecule has 2 atom stereocenters. The number of aromatic nitrogens is 2. The van der Waals surface area contributed by atoms with Gasteiger partial charge in [0.15, 0.2) is 0 Å². The summed E-state index contributed by atoms with van der Waals surface area (Å²) >= 11 is 0. The Hall–Kier alpha value is -3.45. The Bertz CT molecular complexity index is 1000. The summed E-state index contributed by atoms with van der Waals surface area (Å²) in [7, 11) is 0. The maximum Gasteiger partial charge on any atom is 0.251 e. The summed E-state index contributed by atoms with van der Waals surface area (Å²) in [5.41, 5.74) is 5.46. The van der Waals surface area contributed by atoms with Crippen molar-refractivity contribution in [3.8, 4) is 11.4 Å². The molecular formula is C21H19N5O2. The van der Waals surface area contributed by atoms with E-state index in [9.17, 15) is 4.79 Å². The maximum absolute atomic E-state index is 13.0. The molecule has 0 aliphatic carbocycles. The van der Waals surface area contributed by atoms with E-state index in [0.29, 0.717) is 18.1 Å². The minimum Gasteiger partial charge on any atom is -0.337 e. The second-order valence-corrected chi connectivity index (χ2v) is 6.89. The van der Waals surface area contributed by atoms with Gasteiger partial charge in [-0.15, -0.1) is 0 Å². The Kier molecular flexibility index (Phi) is 4.14. The van der Waals surface area contributed by atoms with Crippen LogP contribution in [0.15, 0.2) is 77.6 Å². The number of nitrogens with zero attached hydrogens (tertiary/aromatic N) is 4. The molecule has 2 aromatic carbocycles. The number of benzene rings is 2. The number of nitrogens with one attached hydrogen (secondary N) is 1. The minimum atomic E-state index is -0.244. The first-order chi connectivity index (χ1) is 13.8. The predicted molar refractivity (Wildman–Crippen MR) is 102 cm³/mol. The molecule has 3 aromatic rings. The van der Waals surface area contributed by atoms with Crippen molar-refractivity contribution in [3.63, 3.8) is 0 Å². The number of hydrogen-bond acceptors (Lipinski definition) is 6. The third-order valence-corrected chi connectivity index (χ3v) is 5.08. The van der Waals surface area contributed by atoms with Crippen molar-refractivity contribution in [2.24, 2.45) is 0 Å². The first-order valence-corrected chi connectivity index (χ1v) is 9.24. The molecule has 3 heterocycles. The Balaban J connectivity index is 1.29. The van der Waals surface area contributed by atoms with Crippen molar-refractivity contribution in [2.45, 2.75) is 25.0 Å². The van der Waals surface area contributed by atoms with Gasteiger partial charge in [0.25, 0.3) is 5.91 Å². The average molecular weight is 373 g/mol. The second kappa shape index (κ2) is 6.94. The lowest BCUT2D eigenvalue weighted by Crippen LogP contribution is -2.47. The molecule has 140 valence electrons. The molecule has 5 rings (SSSR count). The number of carbonyl (C=O) groups is 1. The van der Waals surface area contributed by atoms with Crippen LogP contribution in [-0.2, 0) is 11.3 Å². The maximum atomic E-state index is 13.0. The first-order valence-electron chi connectivity index (χ1n) is 9.24. The van der Waals surface area contributed by atoms with Gasteiger partial charge in [0, 0.05) is 18.0 Å². The van der Waals surface area contributed by atoms with E-state index in [-0.39, 0.29) is 24.5 Å². The van der Waals surface area contributed by atoms with Gasteiger partial charge in [-0.1, -0.05) is 65.8 Å². The van der Waals surface area contributed by atoms with Gasteiger partial charge in [-0.2, -0.15) is 4.98 Å². The zero-order chi connectivity index (χ0) is 18.9. The van der Waals surface area contributed by atoms with Crippen molar-refractivity contribution in [1.82, 2.24) is 25.5 Å². The van der Waals surface area contributed by atoms with E-state index < -0.39 is 0 Å². The fraction of sp³-hybridized carbons (Fsp3) is 0.190. The van der Waals surface area contributed by atoms with E-state index in [0.717, 1.165) is 5.56 Å². The number of amides is 1. The van der Waals surface area contributed by atoms with Crippen molar-refractivity contribution >= 4 is 5.91 Å². The normalized spacial score (nSPS) is 21.2. The number of hydrogen-bond donors (Lipinski definition) is 1. The Labute approximate surface area is 162 Å². The quantitative estimate of drug-likeness (QED) is 0.758. The van der Waals surface area contributed by atoms with E-state index in [1.54, 1.807) is 11.1 Å². The molecule has 7 nitrogen and oxygen atoms in total. The summed E-state index contributed by atoms with van der Waals surface area (Å²) in [5.74, 6) is 0.959. The molecule has 2 unspecified atom stereocenters. The fourth-order valence-electron chi connectivity index (χ4n) is 3.64. The van der Waals surface area contributed by atoms with Crippen LogP contribution in [0.25, 0.3) is 11.4 Å². The Morgan fingerprint density at radius 1 is 1.04 bits per heavy atom. The molecule has 1 aromatic heterocycles. The summed E-state index contributed by atoms with van der Waals surface area (Å²) in [4.78, 5) is 19.0. The van der Waals surface area contributed by atoms with Crippen molar-refractivity contribution in [2.75, 3.05) is 0 Å². The summed E-state index contributed by atoms with van der Waals surface area (Å²) in [5, 5.41) is 5.91. The van der Waals surface area contributed by atoms with Gasteiger partial charge in [0.1, 0.15) is 12.6 Å². The van der Waals surface area contributed by atoms with Crippen LogP contribution in [0.3, 0.4) is 0 Å². The lowest BCUT2D eigenvalue weighted by molar-refractivity contribution is -0.135. The van der Waals surface area contributed by atoms with E-state index in [2.05, 4.69) is 27.7 Å². The molecule has 0 spiro atoms. The van der Waals surface area contributed by atoms with Crippen molar-refractivity contribution in [1.29, 1.82) is 0 Å². The predicted octanol–water partition coefficient (Wildman–Crippen LogP) is 2.87. The van der Waals surface area contributed by atoms with Gasteiger partial charge in [-0.05, 0) is 12.0 Å². The zero-order valence-electron chi connectivity index (χ0n) is 15.1. The molecule has 0 bridgehead atoms. The highest BCUT2D eigenvalue weighted by Crippen LogP contribution is 2.31. The summed E-state index contributed by atoms with van der Waals surface area (Å²) < 4.78 is 5.35. The molecule has 1 fully saturated rings. The molecular weight excluding hydrogens is 354 g/mol. The van der Waals surface area contributed by atoms with Crippen molar-refractivity contribution in [3.05, 3.63) is 84.5 Å². The largest absolute Gasteiger partial charge is 0.337 e. The van der Waals surface area contributed by atoms with Gasteiger partial charge >= 0.3 is 0 Å². The zero-order valence-corrected chi connectivity index (χ0v) is 15.1. The monoisotopic (exact) mass is 373 g/mol. The molecule has 1 amide bonds. The van der Waals surface area contributed by atoms with E-state index in [1.807, 2.05) is 59.7 Å². The number of rotatable bonds is 4. The van der Waals surface area contributed by atoms with Crippen LogP contribution in [0.4, 0.5) is 0 Å². The van der Waals surface area contributed by atoms with Crippen LogP contribution in [-0.4, -0.2) is 32.0 Å². The lowest BCUT2D eigenvalue weighted by atomic mass is 10.0. The van der Waals surface area contributed by atoms with Gasteiger partial charge in [-0.25, -0.2) is 5.43 Å². The van der Waals surface area contributed by atoms with E-state index >= 15 is 0 Å². The average Bonchev–Trinajstić information content (AvgIpc) is 3.39. The third-order valence-electron chi connectivity index (χ3n) is 5.08. The SMILES string of the molecule is O=C1C2CC(c3ccccc3)NN2C=CN1Cc1nc(-c2ccccc2)no1. The third kappa shape index (κ3) is 3.05. The first kappa shape index (κ1) is 16.7. The van der Waals surface area contributed by atoms with Crippen LogP contribution in [0.1, 0.15) is 23.9 Å². The fourth-order valence-corrected chi connectivity index (χ4v) is 3.64. The lowest BCUT2D eigenvalue weighted by Gasteiger charge is -2.30. The van der Waals surface area contributed by atoms with Crippen LogP contribution >= 0.6 is 0 Å². The topological polar surface area (TPSA) is 74.5 Å². The van der Waals surface area contributed by atoms with Crippen LogP contribution < -0.4 is 5.43 Å². The highest BCUT2D eigenvalue weighted by atomic mass is 16.5. The van der Waals surface area contributed by atoms with Gasteiger partial charge < -0.3 is 14.4 Å². The highest BCUT2D eigenvalue weighted by molar-refractivity contribution is 5.84. The number of hydrazine groups is 1. The molecule has 2 aliphatic heterocycles. The van der Waals surface area contributed by atoms with Crippen LogP contribution in [0.2, 0.25) is 0 Å². The summed E-state index contributed by atoms with van der Waals surface area (Å²) in [6, 6.07) is 19.7. The smallest absolute Gasteiger partial charge is 0.251 e. The van der Waals surface area contributed by atoms with Crippen LogP contribution in [0.5, 0.6) is 0 Å². The molecule has 0 radical (unpaired) electrons. The molecule has 7 heteroatoms. The van der Waals surface area contributed by atoms with Crippen LogP contribution in [0, 0.1) is 0 Å². The second-order valence-electron chi connectivity index (χ2n) is 6.89. The van der Waals surface area contributed by atoms with Gasteiger partial charge in [-0.3, -0.25) is 4.79 Å². The molecule has 0 saturated carbocycles. The standard InChI is InChI=1S/C21H19N5O2/c27-21-18-13-17(15-7-3-1-4-8-15)23-26(18)12-11-25(21)14-19-22-20(24-28-19)16-9-5-2-6-10-16/h1-12,17-18,23H,13-14H2. The minimum absolute atomic E-state index is 0.0212. The van der Waals surface area contributed by atoms with Gasteiger partial charge in [0.05, 0.1) is 6.04 Å². The molecule has 28 heavy (non-hydrogen) atoms. The number of carbonyl (C=O) groups excluding carboxylic acids is 1. The van der Waals surface area contributed by atoms with Gasteiger partial charge in [0.2, 0.25) is 11.7 Å². The Morgan fingerprint density at radius 2 is 1.79 bits per heavy atom. The summed E-state index contributed by atoms with van der Waals surface area (Å²) in [6.07, 6.45) is 4.36. The molecule has 1 N–H and O–H groups in total. The Morgan fingerprint density at radius 3 is 2.57 bits per heavy atom. The summed E-state index contributed by atoms with van der Waals surface area (Å²) in [6.45, 7) is 0.259. The molecule has 2 aliphatic rings.